The van der Waals surface area contributed by atoms with Gasteiger partial charge in [-0.1, -0.05) is 30.3 Å². The fraction of sp³-hybridized carbons (Fsp3) is 0.238. The highest BCUT2D eigenvalue weighted by atomic mass is 32.2. The number of aromatic nitrogens is 2. The Hall–Kier alpha value is -2.97. The smallest absolute Gasteiger partial charge is 0.253 e. The van der Waals surface area contributed by atoms with Gasteiger partial charge in [0.2, 0.25) is 10.0 Å². The molecule has 0 spiro atoms. The van der Waals surface area contributed by atoms with Crippen molar-refractivity contribution in [3.05, 3.63) is 76.3 Å². The molecule has 3 aromatic rings. The van der Waals surface area contributed by atoms with E-state index in [2.05, 4.69) is 9.71 Å². The van der Waals surface area contributed by atoms with Gasteiger partial charge in [-0.25, -0.2) is 18.1 Å². The summed E-state index contributed by atoms with van der Waals surface area (Å²) in [6.45, 7) is 3.94. The molecule has 3 rings (SSSR count). The molecular formula is C21H23N3O4S. The molecule has 0 bridgehead atoms. The molecule has 0 radical (unpaired) electrons. The molecule has 1 N–H and O–H groups in total. The first-order valence-corrected chi connectivity index (χ1v) is 10.6. The molecule has 0 saturated carbocycles. The van der Waals surface area contributed by atoms with E-state index in [1.807, 2.05) is 44.2 Å². The standard InChI is InChI=1S/C21H23N3O4S/c1-15-11-19(28-3)20(12-16(15)2)29(26,27)23-9-10-24-14-22-18(13-21(24)25)17-7-5-4-6-8-17/h4-8,11-14,23H,9-10H2,1-3H3. The van der Waals surface area contributed by atoms with E-state index >= 15 is 0 Å². The van der Waals surface area contributed by atoms with Crippen LogP contribution in [0.25, 0.3) is 11.3 Å². The number of rotatable bonds is 7. The quantitative estimate of drug-likeness (QED) is 0.643. The van der Waals surface area contributed by atoms with Crippen LogP contribution in [0.4, 0.5) is 0 Å². The van der Waals surface area contributed by atoms with E-state index in [4.69, 9.17) is 4.74 Å². The Bertz CT molecular complexity index is 1170. The third kappa shape index (κ3) is 4.72. The van der Waals surface area contributed by atoms with Crippen molar-refractivity contribution in [3.8, 4) is 17.0 Å². The number of hydrogen-bond acceptors (Lipinski definition) is 5. The maximum absolute atomic E-state index is 12.7. The van der Waals surface area contributed by atoms with Crippen molar-refractivity contribution in [1.29, 1.82) is 0 Å². The topological polar surface area (TPSA) is 90.3 Å². The average Bonchev–Trinajstić information content (AvgIpc) is 2.71. The van der Waals surface area contributed by atoms with Gasteiger partial charge in [-0.2, -0.15) is 0 Å². The van der Waals surface area contributed by atoms with Gasteiger partial charge in [0.1, 0.15) is 10.6 Å². The molecule has 7 nitrogen and oxygen atoms in total. The molecule has 0 unspecified atom stereocenters. The van der Waals surface area contributed by atoms with Gasteiger partial charge in [0.25, 0.3) is 5.56 Å². The minimum atomic E-state index is -3.79. The summed E-state index contributed by atoms with van der Waals surface area (Å²) in [6.07, 6.45) is 1.43. The molecule has 0 aliphatic heterocycles. The van der Waals surface area contributed by atoms with E-state index in [1.165, 1.54) is 24.1 Å². The summed E-state index contributed by atoms with van der Waals surface area (Å²) >= 11 is 0. The second-order valence-electron chi connectivity index (χ2n) is 6.66. The fourth-order valence-corrected chi connectivity index (χ4v) is 4.13. The number of nitrogens with one attached hydrogen (secondary N) is 1. The summed E-state index contributed by atoms with van der Waals surface area (Å²) in [4.78, 5) is 16.7. The first-order valence-electron chi connectivity index (χ1n) is 9.08. The van der Waals surface area contributed by atoms with Crippen LogP contribution in [0.1, 0.15) is 11.1 Å². The zero-order valence-electron chi connectivity index (χ0n) is 16.5. The predicted octanol–water partition coefficient (Wildman–Crippen LogP) is 2.51. The van der Waals surface area contributed by atoms with Crippen LogP contribution >= 0.6 is 0 Å². The van der Waals surface area contributed by atoms with Gasteiger partial charge in [0, 0.05) is 24.7 Å². The first-order chi connectivity index (χ1) is 13.8. The molecule has 0 aliphatic carbocycles. The molecule has 0 amide bonds. The number of methoxy groups -OCH3 is 1. The lowest BCUT2D eigenvalue weighted by atomic mass is 10.1. The van der Waals surface area contributed by atoms with Crippen molar-refractivity contribution in [2.24, 2.45) is 0 Å². The Balaban J connectivity index is 1.73. The van der Waals surface area contributed by atoms with Gasteiger partial charge in [-0.3, -0.25) is 9.36 Å². The maximum Gasteiger partial charge on any atom is 0.253 e. The van der Waals surface area contributed by atoms with E-state index in [9.17, 15) is 13.2 Å². The third-order valence-corrected chi connectivity index (χ3v) is 6.15. The van der Waals surface area contributed by atoms with Crippen LogP contribution in [0.3, 0.4) is 0 Å². The van der Waals surface area contributed by atoms with Crippen LogP contribution < -0.4 is 15.0 Å². The zero-order valence-corrected chi connectivity index (χ0v) is 17.4. The zero-order chi connectivity index (χ0) is 21.0. The number of aryl methyl sites for hydroxylation is 2. The van der Waals surface area contributed by atoms with E-state index in [0.717, 1.165) is 16.7 Å². The highest BCUT2D eigenvalue weighted by Crippen LogP contribution is 2.27. The largest absolute Gasteiger partial charge is 0.495 e. The molecule has 2 aromatic carbocycles. The maximum atomic E-state index is 12.7. The molecule has 8 heteroatoms. The normalized spacial score (nSPS) is 11.4. The van der Waals surface area contributed by atoms with Crippen LogP contribution in [0.2, 0.25) is 0 Å². The highest BCUT2D eigenvalue weighted by Gasteiger charge is 2.20. The van der Waals surface area contributed by atoms with E-state index in [1.54, 1.807) is 12.1 Å². The second kappa shape index (κ2) is 8.59. The van der Waals surface area contributed by atoms with E-state index < -0.39 is 10.0 Å². The van der Waals surface area contributed by atoms with Crippen LogP contribution in [-0.4, -0.2) is 31.6 Å². The molecular weight excluding hydrogens is 390 g/mol. The van der Waals surface area contributed by atoms with E-state index in [0.29, 0.717) is 5.69 Å². The van der Waals surface area contributed by atoms with Gasteiger partial charge in [-0.15, -0.1) is 0 Å². The Morgan fingerprint density at radius 1 is 1.07 bits per heavy atom. The molecule has 0 atom stereocenters. The van der Waals surface area contributed by atoms with Crippen molar-refractivity contribution in [2.45, 2.75) is 25.3 Å². The van der Waals surface area contributed by atoms with Crippen LogP contribution in [0, 0.1) is 13.8 Å². The highest BCUT2D eigenvalue weighted by molar-refractivity contribution is 7.89. The van der Waals surface area contributed by atoms with Crippen molar-refractivity contribution in [3.63, 3.8) is 0 Å². The van der Waals surface area contributed by atoms with Gasteiger partial charge in [0.15, 0.2) is 0 Å². The summed E-state index contributed by atoms with van der Waals surface area (Å²) < 4.78 is 34.5. The third-order valence-electron chi connectivity index (χ3n) is 4.66. The van der Waals surface area contributed by atoms with Crippen molar-refractivity contribution in [1.82, 2.24) is 14.3 Å². The summed E-state index contributed by atoms with van der Waals surface area (Å²) in [5.41, 5.74) is 2.97. The number of sulfonamides is 1. The van der Waals surface area contributed by atoms with Crippen LogP contribution in [-0.2, 0) is 16.6 Å². The van der Waals surface area contributed by atoms with Gasteiger partial charge in [-0.05, 0) is 37.1 Å². The Labute approximate surface area is 170 Å². The van der Waals surface area contributed by atoms with Gasteiger partial charge >= 0.3 is 0 Å². The number of ether oxygens (including phenoxy) is 1. The van der Waals surface area contributed by atoms with Crippen molar-refractivity contribution < 1.29 is 13.2 Å². The van der Waals surface area contributed by atoms with Crippen molar-refractivity contribution in [2.75, 3.05) is 13.7 Å². The molecule has 29 heavy (non-hydrogen) atoms. The lowest BCUT2D eigenvalue weighted by Gasteiger charge is -2.13. The Morgan fingerprint density at radius 2 is 1.76 bits per heavy atom. The Kier molecular flexibility index (Phi) is 6.14. The van der Waals surface area contributed by atoms with E-state index in [-0.39, 0.29) is 29.3 Å². The first kappa shape index (κ1) is 20.8. The molecule has 0 saturated heterocycles. The number of benzene rings is 2. The molecule has 0 fully saturated rings. The number of hydrogen-bond donors (Lipinski definition) is 1. The molecule has 1 heterocycles. The minimum Gasteiger partial charge on any atom is -0.495 e. The lowest BCUT2D eigenvalue weighted by Crippen LogP contribution is -2.31. The monoisotopic (exact) mass is 413 g/mol. The fourth-order valence-electron chi connectivity index (χ4n) is 2.87. The summed E-state index contributed by atoms with van der Waals surface area (Å²) in [5, 5.41) is 0. The predicted molar refractivity (Wildman–Crippen MR) is 112 cm³/mol. The van der Waals surface area contributed by atoms with Crippen LogP contribution in [0.15, 0.2) is 64.5 Å². The molecule has 1 aromatic heterocycles. The second-order valence-corrected chi connectivity index (χ2v) is 8.39. The SMILES string of the molecule is COc1cc(C)c(C)cc1S(=O)(=O)NCCn1cnc(-c2ccccc2)cc1=O. The minimum absolute atomic E-state index is 0.0463. The summed E-state index contributed by atoms with van der Waals surface area (Å²) in [7, 11) is -2.35. The number of nitrogens with zero attached hydrogens (tertiary/aromatic N) is 2. The molecule has 0 aliphatic rings. The van der Waals surface area contributed by atoms with Crippen LogP contribution in [0.5, 0.6) is 5.75 Å². The Morgan fingerprint density at radius 3 is 2.41 bits per heavy atom. The lowest BCUT2D eigenvalue weighted by molar-refractivity contribution is 0.401. The summed E-state index contributed by atoms with van der Waals surface area (Å²) in [5.74, 6) is 0.284. The van der Waals surface area contributed by atoms with Crippen molar-refractivity contribution >= 4 is 10.0 Å². The summed E-state index contributed by atoms with van der Waals surface area (Å²) in [6, 6.07) is 14.1. The van der Waals surface area contributed by atoms with Gasteiger partial charge < -0.3 is 4.74 Å². The average molecular weight is 413 g/mol. The van der Waals surface area contributed by atoms with Gasteiger partial charge in [0.05, 0.1) is 19.1 Å². The molecule has 152 valence electrons.